The van der Waals surface area contributed by atoms with E-state index in [9.17, 15) is 21.6 Å². The highest BCUT2D eigenvalue weighted by atomic mass is 32.2. The van der Waals surface area contributed by atoms with Crippen LogP contribution in [0.2, 0.25) is 0 Å². The molecule has 0 bridgehead atoms. The summed E-state index contributed by atoms with van der Waals surface area (Å²) in [4.78, 5) is 0. The number of nitrogens with two attached hydrogens (primary N) is 1. The first kappa shape index (κ1) is 15.1. The minimum absolute atomic E-state index is 0.0543. The van der Waals surface area contributed by atoms with E-state index in [4.69, 9.17) is 5.73 Å². The maximum Gasteiger partial charge on any atom is 0.573 e. The fourth-order valence-electron chi connectivity index (χ4n) is 2.30. The van der Waals surface area contributed by atoms with Crippen molar-refractivity contribution in [1.29, 1.82) is 0 Å². The van der Waals surface area contributed by atoms with E-state index in [1.807, 2.05) is 0 Å². The number of benzene rings is 1. The third-order valence-electron chi connectivity index (χ3n) is 3.13. The van der Waals surface area contributed by atoms with Gasteiger partial charge in [0.25, 0.3) is 0 Å². The van der Waals surface area contributed by atoms with Gasteiger partial charge in [-0.15, -0.1) is 13.2 Å². The van der Waals surface area contributed by atoms with Gasteiger partial charge in [-0.25, -0.2) is 8.42 Å². The number of halogens is 3. The lowest BCUT2D eigenvalue weighted by Gasteiger charge is -2.22. The summed E-state index contributed by atoms with van der Waals surface area (Å²) in [7, 11) is -3.10. The van der Waals surface area contributed by atoms with Crippen LogP contribution in [0, 0.1) is 0 Å². The van der Waals surface area contributed by atoms with Gasteiger partial charge in [-0.05, 0) is 30.5 Å². The van der Waals surface area contributed by atoms with Crippen molar-refractivity contribution in [2.75, 3.05) is 11.5 Å². The molecule has 1 aromatic rings. The summed E-state index contributed by atoms with van der Waals surface area (Å²) in [6.07, 6.45) is -4.06. The van der Waals surface area contributed by atoms with E-state index in [2.05, 4.69) is 4.74 Å². The molecule has 1 aliphatic rings. The molecule has 0 aromatic heterocycles. The average molecular weight is 309 g/mol. The van der Waals surface area contributed by atoms with Crippen LogP contribution in [0.3, 0.4) is 0 Å². The third kappa shape index (κ3) is 4.11. The Morgan fingerprint density at radius 1 is 1.25 bits per heavy atom. The van der Waals surface area contributed by atoms with Crippen LogP contribution in [0.1, 0.15) is 12.0 Å². The molecule has 0 aliphatic carbocycles. The molecule has 0 radical (unpaired) electrons. The summed E-state index contributed by atoms with van der Waals surface area (Å²) in [5.74, 6) is -0.356. The Balaban J connectivity index is 2.05. The monoisotopic (exact) mass is 309 g/mol. The average Bonchev–Trinajstić information content (AvgIpc) is 2.54. The Hall–Kier alpha value is -1.28. The number of alkyl halides is 3. The molecule has 1 saturated heterocycles. The second-order valence-electron chi connectivity index (χ2n) is 5.07. The molecule has 2 N–H and O–H groups in total. The molecule has 0 saturated carbocycles. The van der Waals surface area contributed by atoms with Crippen molar-refractivity contribution in [2.24, 2.45) is 5.73 Å². The highest BCUT2D eigenvalue weighted by Crippen LogP contribution is 2.27. The summed E-state index contributed by atoms with van der Waals surface area (Å²) >= 11 is 0. The standard InChI is InChI=1S/C12H14F3NO3S/c13-12(14,15)19-10-3-1-9(2-4-10)7-11(16)5-6-20(17,18)8-11/h1-4H,5-8,16H2. The van der Waals surface area contributed by atoms with Crippen molar-refractivity contribution in [3.8, 4) is 5.75 Å². The molecule has 1 aliphatic heterocycles. The highest BCUT2D eigenvalue weighted by Gasteiger charge is 2.39. The van der Waals surface area contributed by atoms with Crippen LogP contribution in [0.15, 0.2) is 24.3 Å². The molecule has 1 atom stereocenters. The van der Waals surface area contributed by atoms with E-state index in [0.29, 0.717) is 18.4 Å². The Labute approximate surface area is 114 Å². The second-order valence-corrected chi connectivity index (χ2v) is 7.26. The summed E-state index contributed by atoms with van der Waals surface area (Å²) < 4.78 is 62.6. The zero-order valence-electron chi connectivity index (χ0n) is 10.5. The molecule has 0 amide bonds. The van der Waals surface area contributed by atoms with Gasteiger partial charge in [0.05, 0.1) is 11.5 Å². The zero-order valence-corrected chi connectivity index (χ0v) is 11.3. The number of ether oxygens (including phenoxy) is 1. The fraction of sp³-hybridized carbons (Fsp3) is 0.500. The third-order valence-corrected chi connectivity index (χ3v) is 4.97. The first-order valence-electron chi connectivity index (χ1n) is 5.91. The smallest absolute Gasteiger partial charge is 0.406 e. The minimum atomic E-state index is -4.73. The lowest BCUT2D eigenvalue weighted by atomic mass is 9.91. The second kappa shape index (κ2) is 4.92. The summed E-state index contributed by atoms with van der Waals surface area (Å²) in [6.45, 7) is 0. The van der Waals surface area contributed by atoms with Gasteiger partial charge in [0, 0.05) is 5.54 Å². The van der Waals surface area contributed by atoms with Crippen LogP contribution in [-0.2, 0) is 16.3 Å². The number of rotatable bonds is 3. The van der Waals surface area contributed by atoms with Gasteiger partial charge >= 0.3 is 6.36 Å². The van der Waals surface area contributed by atoms with Crippen molar-refractivity contribution in [3.05, 3.63) is 29.8 Å². The molecule has 112 valence electrons. The van der Waals surface area contributed by atoms with Gasteiger partial charge in [-0.2, -0.15) is 0 Å². The Morgan fingerprint density at radius 3 is 2.30 bits per heavy atom. The maximum atomic E-state index is 12.0. The van der Waals surface area contributed by atoms with Crippen LogP contribution in [-0.4, -0.2) is 31.8 Å². The van der Waals surface area contributed by atoms with Crippen LogP contribution >= 0.6 is 0 Å². The van der Waals surface area contributed by atoms with Gasteiger partial charge in [0.1, 0.15) is 5.75 Å². The molecule has 1 heterocycles. The molecular weight excluding hydrogens is 295 g/mol. The van der Waals surface area contributed by atoms with E-state index < -0.39 is 21.7 Å². The molecule has 2 rings (SSSR count). The van der Waals surface area contributed by atoms with Gasteiger partial charge in [0.2, 0.25) is 0 Å². The van der Waals surface area contributed by atoms with Gasteiger partial charge in [-0.3, -0.25) is 0 Å². The maximum absolute atomic E-state index is 12.0. The van der Waals surface area contributed by atoms with E-state index in [1.165, 1.54) is 24.3 Å². The van der Waals surface area contributed by atoms with Crippen molar-refractivity contribution >= 4 is 9.84 Å². The zero-order chi connectivity index (χ0) is 15.0. The molecule has 0 spiro atoms. The first-order chi connectivity index (χ1) is 9.07. The van der Waals surface area contributed by atoms with E-state index >= 15 is 0 Å². The van der Waals surface area contributed by atoms with E-state index in [1.54, 1.807) is 0 Å². The molecular formula is C12H14F3NO3S. The summed E-state index contributed by atoms with van der Waals surface area (Å²) in [5, 5.41) is 0. The molecule has 8 heteroatoms. The Kier molecular flexibility index (Phi) is 3.72. The molecule has 20 heavy (non-hydrogen) atoms. The highest BCUT2D eigenvalue weighted by molar-refractivity contribution is 7.91. The van der Waals surface area contributed by atoms with Crippen molar-refractivity contribution < 1.29 is 26.3 Å². The lowest BCUT2D eigenvalue weighted by molar-refractivity contribution is -0.274. The number of hydrogen-bond acceptors (Lipinski definition) is 4. The normalized spacial score (nSPS) is 25.6. The predicted molar refractivity (Wildman–Crippen MR) is 67.0 cm³/mol. The van der Waals surface area contributed by atoms with Gasteiger partial charge in [0.15, 0.2) is 9.84 Å². The molecule has 1 aromatic carbocycles. The van der Waals surface area contributed by atoms with E-state index in [-0.39, 0.29) is 17.3 Å². The first-order valence-corrected chi connectivity index (χ1v) is 7.73. The van der Waals surface area contributed by atoms with Gasteiger partial charge < -0.3 is 10.5 Å². The van der Waals surface area contributed by atoms with Crippen LogP contribution < -0.4 is 10.5 Å². The Bertz CT molecular complexity index is 583. The van der Waals surface area contributed by atoms with Crippen LogP contribution in [0.4, 0.5) is 13.2 Å². The predicted octanol–water partition coefficient (Wildman–Crippen LogP) is 1.64. The topological polar surface area (TPSA) is 69.4 Å². The van der Waals surface area contributed by atoms with Crippen molar-refractivity contribution in [1.82, 2.24) is 0 Å². The van der Waals surface area contributed by atoms with Crippen LogP contribution in [0.25, 0.3) is 0 Å². The molecule has 1 fully saturated rings. The van der Waals surface area contributed by atoms with Gasteiger partial charge in [-0.1, -0.05) is 12.1 Å². The fourth-order valence-corrected chi connectivity index (χ4v) is 4.28. The van der Waals surface area contributed by atoms with Crippen molar-refractivity contribution in [3.63, 3.8) is 0 Å². The molecule has 1 unspecified atom stereocenters. The largest absolute Gasteiger partial charge is 0.573 e. The number of hydrogen-bond donors (Lipinski definition) is 1. The number of sulfone groups is 1. The lowest BCUT2D eigenvalue weighted by Crippen LogP contribution is -2.43. The van der Waals surface area contributed by atoms with Crippen LogP contribution in [0.5, 0.6) is 5.75 Å². The minimum Gasteiger partial charge on any atom is -0.406 e. The quantitative estimate of drug-likeness (QED) is 0.921. The van der Waals surface area contributed by atoms with E-state index in [0.717, 1.165) is 0 Å². The summed E-state index contributed by atoms with van der Waals surface area (Å²) in [6, 6.07) is 5.30. The SMILES string of the molecule is NC1(Cc2ccc(OC(F)(F)F)cc2)CCS(=O)(=O)C1. The summed E-state index contributed by atoms with van der Waals surface area (Å²) in [5.41, 5.74) is 5.85. The van der Waals surface area contributed by atoms with Crippen molar-refractivity contribution in [2.45, 2.75) is 24.7 Å². The molecule has 4 nitrogen and oxygen atoms in total. The Morgan fingerprint density at radius 2 is 1.85 bits per heavy atom.